The van der Waals surface area contributed by atoms with Crippen LogP contribution in [0.15, 0.2) is 36.4 Å². The Balaban J connectivity index is 1.53. The van der Waals surface area contributed by atoms with Crippen LogP contribution in [0.25, 0.3) is 0 Å². The van der Waals surface area contributed by atoms with Crippen LogP contribution in [0.2, 0.25) is 0 Å². The number of methoxy groups -OCH3 is 1. The third-order valence-corrected chi connectivity index (χ3v) is 5.28. The predicted molar refractivity (Wildman–Crippen MR) is 108 cm³/mol. The van der Waals surface area contributed by atoms with Crippen molar-refractivity contribution >= 4 is 11.6 Å². The zero-order chi connectivity index (χ0) is 19.4. The zero-order valence-corrected chi connectivity index (χ0v) is 16.6. The SMILES string of the molecule is COc1ccc(N2CCN(C(=O)COc3c(C)ccc(C)c3C)CC2)cc1. The maximum atomic E-state index is 12.6. The highest BCUT2D eigenvalue weighted by Gasteiger charge is 2.22. The average molecular weight is 368 g/mol. The first kappa shape index (κ1) is 19.1. The number of anilines is 1. The van der Waals surface area contributed by atoms with Gasteiger partial charge in [0.15, 0.2) is 6.61 Å². The van der Waals surface area contributed by atoms with Gasteiger partial charge in [0.2, 0.25) is 0 Å². The lowest BCUT2D eigenvalue weighted by Crippen LogP contribution is -2.50. The minimum absolute atomic E-state index is 0.0460. The number of rotatable bonds is 5. The molecule has 144 valence electrons. The van der Waals surface area contributed by atoms with Crippen molar-refractivity contribution in [1.29, 1.82) is 0 Å². The van der Waals surface area contributed by atoms with E-state index in [-0.39, 0.29) is 12.5 Å². The lowest BCUT2D eigenvalue weighted by Gasteiger charge is -2.36. The molecule has 1 amide bonds. The largest absolute Gasteiger partial charge is 0.497 e. The number of benzene rings is 2. The first-order valence-corrected chi connectivity index (χ1v) is 9.36. The van der Waals surface area contributed by atoms with Gasteiger partial charge in [-0.15, -0.1) is 0 Å². The van der Waals surface area contributed by atoms with Crippen LogP contribution in [0, 0.1) is 20.8 Å². The molecule has 0 radical (unpaired) electrons. The predicted octanol–water partition coefficient (Wildman–Crippen LogP) is 3.35. The fourth-order valence-corrected chi connectivity index (χ4v) is 3.38. The van der Waals surface area contributed by atoms with Crippen molar-refractivity contribution in [2.75, 3.05) is 44.8 Å². The molecular formula is C22H28N2O3. The van der Waals surface area contributed by atoms with Crippen LogP contribution in [0.1, 0.15) is 16.7 Å². The average Bonchev–Trinajstić information content (AvgIpc) is 2.71. The summed E-state index contributed by atoms with van der Waals surface area (Å²) in [5, 5.41) is 0. The molecule has 1 aliphatic rings. The first-order valence-electron chi connectivity index (χ1n) is 9.36. The van der Waals surface area contributed by atoms with E-state index < -0.39 is 0 Å². The molecule has 2 aromatic rings. The van der Waals surface area contributed by atoms with Gasteiger partial charge in [-0.1, -0.05) is 12.1 Å². The van der Waals surface area contributed by atoms with E-state index in [0.717, 1.165) is 41.4 Å². The van der Waals surface area contributed by atoms with Crippen molar-refractivity contribution in [1.82, 2.24) is 4.90 Å². The Hall–Kier alpha value is -2.69. The van der Waals surface area contributed by atoms with E-state index in [1.54, 1.807) is 7.11 Å². The maximum Gasteiger partial charge on any atom is 0.260 e. The molecule has 1 heterocycles. The zero-order valence-electron chi connectivity index (χ0n) is 16.6. The van der Waals surface area contributed by atoms with Gasteiger partial charge in [0.25, 0.3) is 5.91 Å². The van der Waals surface area contributed by atoms with Gasteiger partial charge >= 0.3 is 0 Å². The van der Waals surface area contributed by atoms with Crippen LogP contribution in [0.5, 0.6) is 11.5 Å². The fraction of sp³-hybridized carbons (Fsp3) is 0.409. The summed E-state index contributed by atoms with van der Waals surface area (Å²) < 4.78 is 11.1. The number of aryl methyl sites for hydroxylation is 2. The standard InChI is InChI=1S/C22H28N2O3/c1-16-5-6-17(2)22(18(16)3)27-15-21(25)24-13-11-23(12-14-24)19-7-9-20(26-4)10-8-19/h5-10H,11-15H2,1-4H3. The quantitative estimate of drug-likeness (QED) is 0.812. The summed E-state index contributed by atoms with van der Waals surface area (Å²) >= 11 is 0. The van der Waals surface area contributed by atoms with Crippen molar-refractivity contribution in [2.45, 2.75) is 20.8 Å². The van der Waals surface area contributed by atoms with Gasteiger partial charge in [0.05, 0.1) is 7.11 Å². The van der Waals surface area contributed by atoms with Crippen molar-refractivity contribution < 1.29 is 14.3 Å². The van der Waals surface area contributed by atoms with Crippen LogP contribution in [0.3, 0.4) is 0 Å². The van der Waals surface area contributed by atoms with Crippen LogP contribution in [-0.4, -0.2) is 50.7 Å². The minimum Gasteiger partial charge on any atom is -0.497 e. The van der Waals surface area contributed by atoms with E-state index in [2.05, 4.69) is 30.0 Å². The maximum absolute atomic E-state index is 12.6. The lowest BCUT2D eigenvalue weighted by molar-refractivity contribution is -0.133. The number of carbonyl (C=O) groups is 1. The molecule has 0 N–H and O–H groups in total. The molecule has 0 aromatic heterocycles. The van der Waals surface area contributed by atoms with Crippen molar-refractivity contribution in [3.05, 3.63) is 53.1 Å². The Bertz CT molecular complexity index is 794. The van der Waals surface area contributed by atoms with Gasteiger partial charge in [0, 0.05) is 31.9 Å². The summed E-state index contributed by atoms with van der Waals surface area (Å²) in [6.07, 6.45) is 0. The normalized spacial score (nSPS) is 14.2. The summed E-state index contributed by atoms with van der Waals surface area (Å²) in [7, 11) is 1.67. The number of piperazine rings is 1. The second kappa shape index (κ2) is 8.33. The molecule has 1 aliphatic heterocycles. The number of nitrogens with zero attached hydrogens (tertiary/aromatic N) is 2. The van der Waals surface area contributed by atoms with Gasteiger partial charge in [-0.25, -0.2) is 0 Å². The molecule has 2 aromatic carbocycles. The third kappa shape index (κ3) is 4.35. The van der Waals surface area contributed by atoms with E-state index in [4.69, 9.17) is 9.47 Å². The van der Waals surface area contributed by atoms with Crippen LogP contribution >= 0.6 is 0 Å². The van der Waals surface area contributed by atoms with Crippen molar-refractivity contribution in [2.24, 2.45) is 0 Å². The Morgan fingerprint density at radius 1 is 0.926 bits per heavy atom. The molecule has 3 rings (SSSR count). The van der Waals surface area contributed by atoms with Crippen molar-refractivity contribution in [3.8, 4) is 11.5 Å². The molecule has 0 atom stereocenters. The highest BCUT2D eigenvalue weighted by molar-refractivity contribution is 5.78. The molecule has 0 saturated carbocycles. The number of hydrogen-bond acceptors (Lipinski definition) is 4. The van der Waals surface area contributed by atoms with E-state index >= 15 is 0 Å². The molecule has 1 saturated heterocycles. The summed E-state index contributed by atoms with van der Waals surface area (Å²) in [6.45, 7) is 9.26. The Labute approximate surface area is 161 Å². The molecule has 0 aliphatic carbocycles. The molecule has 5 nitrogen and oxygen atoms in total. The van der Waals surface area contributed by atoms with E-state index in [9.17, 15) is 4.79 Å². The smallest absolute Gasteiger partial charge is 0.260 e. The van der Waals surface area contributed by atoms with Gasteiger partial charge in [-0.3, -0.25) is 4.79 Å². The summed E-state index contributed by atoms with van der Waals surface area (Å²) in [5.74, 6) is 1.73. The number of carbonyl (C=O) groups excluding carboxylic acids is 1. The lowest BCUT2D eigenvalue weighted by atomic mass is 10.1. The molecule has 27 heavy (non-hydrogen) atoms. The van der Waals surface area contributed by atoms with Gasteiger partial charge in [0.1, 0.15) is 11.5 Å². The Morgan fingerprint density at radius 3 is 2.19 bits per heavy atom. The molecular weight excluding hydrogens is 340 g/mol. The van der Waals surface area contributed by atoms with Crippen molar-refractivity contribution in [3.63, 3.8) is 0 Å². The molecule has 0 unspecified atom stereocenters. The Kier molecular flexibility index (Phi) is 5.89. The molecule has 1 fully saturated rings. The fourth-order valence-electron chi connectivity index (χ4n) is 3.38. The van der Waals surface area contributed by atoms with Crippen LogP contribution in [-0.2, 0) is 4.79 Å². The summed E-state index contributed by atoms with van der Waals surface area (Å²) in [6, 6.07) is 12.2. The van der Waals surface area contributed by atoms with Gasteiger partial charge in [-0.2, -0.15) is 0 Å². The van der Waals surface area contributed by atoms with E-state index in [0.29, 0.717) is 13.1 Å². The second-order valence-electron chi connectivity index (χ2n) is 7.01. The van der Waals surface area contributed by atoms with E-state index in [1.807, 2.05) is 36.9 Å². The van der Waals surface area contributed by atoms with Gasteiger partial charge in [-0.05, 0) is 61.7 Å². The highest BCUT2D eigenvalue weighted by atomic mass is 16.5. The van der Waals surface area contributed by atoms with Gasteiger partial charge < -0.3 is 19.3 Å². The molecule has 0 bridgehead atoms. The summed E-state index contributed by atoms with van der Waals surface area (Å²) in [5.41, 5.74) is 4.50. The van der Waals surface area contributed by atoms with Crippen LogP contribution < -0.4 is 14.4 Å². The number of ether oxygens (including phenoxy) is 2. The number of amides is 1. The Morgan fingerprint density at radius 2 is 1.56 bits per heavy atom. The van der Waals surface area contributed by atoms with E-state index in [1.165, 1.54) is 5.56 Å². The highest BCUT2D eigenvalue weighted by Crippen LogP contribution is 2.26. The first-order chi connectivity index (χ1) is 13.0. The minimum atomic E-state index is 0.0460. The summed E-state index contributed by atoms with van der Waals surface area (Å²) in [4.78, 5) is 16.8. The third-order valence-electron chi connectivity index (χ3n) is 5.28. The molecule has 5 heteroatoms. The van der Waals surface area contributed by atoms with Crippen LogP contribution in [0.4, 0.5) is 5.69 Å². The molecule has 0 spiro atoms. The second-order valence-corrected chi connectivity index (χ2v) is 7.01. The topological polar surface area (TPSA) is 42.0 Å². The number of hydrogen-bond donors (Lipinski definition) is 0. The monoisotopic (exact) mass is 368 g/mol.